The fraction of sp³-hybridized carbons (Fsp3) is 0.316. The van der Waals surface area contributed by atoms with Crippen LogP contribution in [0.2, 0.25) is 0 Å². The second-order valence-corrected chi connectivity index (χ2v) is 7.26. The molecule has 1 aliphatic rings. The molecule has 0 bridgehead atoms. The summed E-state index contributed by atoms with van der Waals surface area (Å²) in [5.74, 6) is 0. The monoisotopic (exact) mass is 324 g/mol. The van der Waals surface area contributed by atoms with Gasteiger partial charge in [-0.05, 0) is 65.7 Å². The molecule has 1 N–H and O–H groups in total. The molecule has 0 unspecified atom stereocenters. The predicted molar refractivity (Wildman–Crippen MR) is 95.9 cm³/mol. The van der Waals surface area contributed by atoms with Crippen molar-refractivity contribution >= 4 is 22.2 Å². The van der Waals surface area contributed by atoms with E-state index in [2.05, 4.69) is 45.8 Å². The van der Waals surface area contributed by atoms with Crippen LogP contribution in [0.5, 0.6) is 0 Å². The quantitative estimate of drug-likeness (QED) is 0.768. The van der Waals surface area contributed by atoms with Gasteiger partial charge in [0.25, 0.3) is 5.56 Å². The Morgan fingerprint density at radius 1 is 1.22 bits per heavy atom. The zero-order valence-electron chi connectivity index (χ0n) is 13.2. The third-order valence-electron chi connectivity index (χ3n) is 4.48. The highest BCUT2D eigenvalue weighted by atomic mass is 32.1. The van der Waals surface area contributed by atoms with Gasteiger partial charge in [0.15, 0.2) is 0 Å². The van der Waals surface area contributed by atoms with Crippen LogP contribution in [0.4, 0.5) is 0 Å². The zero-order valence-corrected chi connectivity index (χ0v) is 14.0. The second-order valence-electron chi connectivity index (χ2n) is 6.48. The number of aromatic nitrogens is 1. The van der Waals surface area contributed by atoms with Gasteiger partial charge in [-0.3, -0.25) is 9.69 Å². The summed E-state index contributed by atoms with van der Waals surface area (Å²) >= 11 is 1.73. The molecule has 1 fully saturated rings. The van der Waals surface area contributed by atoms with Crippen molar-refractivity contribution in [2.75, 3.05) is 0 Å². The first-order valence-corrected chi connectivity index (χ1v) is 9.01. The van der Waals surface area contributed by atoms with Crippen molar-refractivity contribution in [3.8, 4) is 0 Å². The van der Waals surface area contributed by atoms with Crippen LogP contribution in [-0.4, -0.2) is 15.9 Å². The normalized spacial score (nSPS) is 14.7. The van der Waals surface area contributed by atoms with E-state index < -0.39 is 0 Å². The first-order chi connectivity index (χ1) is 11.2. The fourth-order valence-corrected chi connectivity index (χ4v) is 3.74. The minimum atomic E-state index is 0.0392. The Bertz CT molecular complexity index is 878. The summed E-state index contributed by atoms with van der Waals surface area (Å²) in [4.78, 5) is 17.9. The number of thiophene rings is 1. The van der Waals surface area contributed by atoms with Gasteiger partial charge in [-0.1, -0.05) is 11.6 Å². The number of aromatic amines is 1. The number of nitrogens with zero attached hydrogens (tertiary/aromatic N) is 1. The lowest BCUT2D eigenvalue weighted by Crippen LogP contribution is -2.28. The molecule has 0 radical (unpaired) electrons. The standard InChI is InChI=1S/C19H20N2OS/c1-13-2-5-18-15(8-13)9-16(19(22)20-18)11-21(17-3-4-17)10-14-6-7-23-12-14/h2,5-9,12,17H,3-4,10-11H2,1H3,(H,20,22). The molecule has 4 heteroatoms. The van der Waals surface area contributed by atoms with Crippen molar-refractivity contribution in [1.82, 2.24) is 9.88 Å². The van der Waals surface area contributed by atoms with E-state index in [1.807, 2.05) is 12.1 Å². The van der Waals surface area contributed by atoms with Crippen molar-refractivity contribution in [1.29, 1.82) is 0 Å². The summed E-state index contributed by atoms with van der Waals surface area (Å²) in [5, 5.41) is 5.43. The average Bonchev–Trinajstić information content (AvgIpc) is 3.25. The SMILES string of the molecule is Cc1ccc2[nH]c(=O)c(CN(Cc3ccsc3)C3CC3)cc2c1. The minimum absolute atomic E-state index is 0.0392. The van der Waals surface area contributed by atoms with E-state index in [1.54, 1.807) is 11.3 Å². The highest BCUT2D eigenvalue weighted by Crippen LogP contribution is 2.30. The van der Waals surface area contributed by atoms with Gasteiger partial charge in [-0.15, -0.1) is 0 Å². The Morgan fingerprint density at radius 2 is 2.09 bits per heavy atom. The number of H-pyrrole nitrogens is 1. The molecule has 1 saturated carbocycles. The van der Waals surface area contributed by atoms with Crippen molar-refractivity contribution in [2.24, 2.45) is 0 Å². The number of hydrogen-bond donors (Lipinski definition) is 1. The maximum atomic E-state index is 12.4. The van der Waals surface area contributed by atoms with E-state index >= 15 is 0 Å². The van der Waals surface area contributed by atoms with Crippen LogP contribution in [0, 0.1) is 6.92 Å². The van der Waals surface area contributed by atoms with Crippen LogP contribution in [0.15, 0.2) is 45.9 Å². The molecule has 3 aromatic rings. The number of rotatable bonds is 5. The molecule has 23 heavy (non-hydrogen) atoms. The van der Waals surface area contributed by atoms with E-state index in [0.717, 1.165) is 29.6 Å². The smallest absolute Gasteiger partial charge is 0.252 e. The molecule has 0 saturated heterocycles. The summed E-state index contributed by atoms with van der Waals surface area (Å²) in [6.45, 7) is 3.73. The maximum Gasteiger partial charge on any atom is 0.252 e. The van der Waals surface area contributed by atoms with Gasteiger partial charge >= 0.3 is 0 Å². The van der Waals surface area contributed by atoms with Gasteiger partial charge in [-0.25, -0.2) is 0 Å². The van der Waals surface area contributed by atoms with Crippen LogP contribution in [0.1, 0.15) is 29.5 Å². The van der Waals surface area contributed by atoms with Crippen LogP contribution in [0.25, 0.3) is 10.9 Å². The minimum Gasteiger partial charge on any atom is -0.322 e. The molecule has 0 spiro atoms. The summed E-state index contributed by atoms with van der Waals surface area (Å²) in [6, 6.07) is 11.0. The lowest BCUT2D eigenvalue weighted by Gasteiger charge is -2.21. The van der Waals surface area contributed by atoms with E-state index in [9.17, 15) is 4.79 Å². The van der Waals surface area contributed by atoms with Gasteiger partial charge in [-0.2, -0.15) is 11.3 Å². The Kier molecular flexibility index (Phi) is 3.79. The van der Waals surface area contributed by atoms with E-state index in [0.29, 0.717) is 6.04 Å². The third-order valence-corrected chi connectivity index (χ3v) is 5.21. The molecule has 1 aliphatic carbocycles. The molecule has 0 aliphatic heterocycles. The Labute approximate surface area is 139 Å². The van der Waals surface area contributed by atoms with Crippen LogP contribution in [0.3, 0.4) is 0 Å². The van der Waals surface area contributed by atoms with Crippen molar-refractivity contribution in [2.45, 2.75) is 38.9 Å². The summed E-state index contributed by atoms with van der Waals surface area (Å²) in [7, 11) is 0. The number of aryl methyl sites for hydroxylation is 1. The Hall–Kier alpha value is -1.91. The molecular weight excluding hydrogens is 304 g/mol. The predicted octanol–water partition coefficient (Wildman–Crippen LogP) is 4.06. The number of benzene rings is 1. The van der Waals surface area contributed by atoms with Crippen molar-refractivity contribution < 1.29 is 0 Å². The van der Waals surface area contributed by atoms with Gasteiger partial charge in [0.2, 0.25) is 0 Å². The molecule has 4 rings (SSSR count). The summed E-state index contributed by atoms with van der Waals surface area (Å²) in [5.41, 5.74) is 4.38. The van der Waals surface area contributed by atoms with Crippen molar-refractivity contribution in [3.05, 3.63) is 68.1 Å². The van der Waals surface area contributed by atoms with Gasteiger partial charge in [0, 0.05) is 30.2 Å². The van der Waals surface area contributed by atoms with Crippen molar-refractivity contribution in [3.63, 3.8) is 0 Å². The maximum absolute atomic E-state index is 12.4. The highest BCUT2D eigenvalue weighted by molar-refractivity contribution is 7.07. The van der Waals surface area contributed by atoms with Crippen LogP contribution >= 0.6 is 11.3 Å². The number of nitrogens with one attached hydrogen (secondary N) is 1. The number of pyridine rings is 1. The number of hydrogen-bond acceptors (Lipinski definition) is 3. The van der Waals surface area contributed by atoms with Crippen LogP contribution < -0.4 is 5.56 Å². The summed E-state index contributed by atoms with van der Waals surface area (Å²) in [6.07, 6.45) is 2.49. The molecule has 118 valence electrons. The third kappa shape index (κ3) is 3.23. The first kappa shape index (κ1) is 14.7. The largest absolute Gasteiger partial charge is 0.322 e. The number of fused-ring (bicyclic) bond motifs is 1. The van der Waals surface area contributed by atoms with E-state index in [-0.39, 0.29) is 5.56 Å². The molecule has 2 heterocycles. The molecule has 2 aromatic heterocycles. The summed E-state index contributed by atoms with van der Waals surface area (Å²) < 4.78 is 0. The lowest BCUT2D eigenvalue weighted by atomic mass is 10.1. The Morgan fingerprint density at radius 3 is 2.83 bits per heavy atom. The molecular formula is C19H20N2OS. The van der Waals surface area contributed by atoms with Crippen LogP contribution in [-0.2, 0) is 13.1 Å². The van der Waals surface area contributed by atoms with Gasteiger partial charge in [0.1, 0.15) is 0 Å². The zero-order chi connectivity index (χ0) is 15.8. The molecule has 0 amide bonds. The first-order valence-electron chi connectivity index (χ1n) is 8.07. The Balaban J connectivity index is 1.64. The molecule has 0 atom stereocenters. The lowest BCUT2D eigenvalue weighted by molar-refractivity contribution is 0.245. The average molecular weight is 324 g/mol. The topological polar surface area (TPSA) is 36.1 Å². The highest BCUT2D eigenvalue weighted by Gasteiger charge is 2.29. The second kappa shape index (κ2) is 5.95. The fourth-order valence-electron chi connectivity index (χ4n) is 3.08. The molecule has 3 nitrogen and oxygen atoms in total. The van der Waals surface area contributed by atoms with E-state index in [1.165, 1.54) is 24.0 Å². The van der Waals surface area contributed by atoms with Gasteiger partial charge in [0.05, 0.1) is 0 Å². The molecule has 1 aromatic carbocycles. The van der Waals surface area contributed by atoms with Gasteiger partial charge < -0.3 is 4.98 Å². The van der Waals surface area contributed by atoms with E-state index in [4.69, 9.17) is 0 Å².